The van der Waals surface area contributed by atoms with E-state index in [4.69, 9.17) is 15.1 Å². The average molecular weight is 256 g/mol. The highest BCUT2D eigenvalue weighted by Crippen LogP contribution is 2.13. The molecule has 0 aliphatic heterocycles. The molecule has 0 fully saturated rings. The van der Waals surface area contributed by atoms with Crippen molar-refractivity contribution in [3.05, 3.63) is 53.9 Å². The molecule has 0 atom stereocenters. The molecule has 1 aromatic carbocycles. The Morgan fingerprint density at radius 1 is 1.37 bits per heavy atom. The lowest BCUT2D eigenvalue weighted by Crippen LogP contribution is -2.09. The molecule has 0 radical (unpaired) electrons. The molecule has 5 heteroatoms. The number of nitriles is 1. The minimum Gasteiger partial charge on any atom is -0.492 e. The molecule has 0 aliphatic rings. The van der Waals surface area contributed by atoms with Gasteiger partial charge in [-0.2, -0.15) is 5.26 Å². The summed E-state index contributed by atoms with van der Waals surface area (Å²) in [6.45, 7) is 0.902. The van der Waals surface area contributed by atoms with Crippen LogP contribution in [0.4, 0.5) is 0 Å². The minimum absolute atomic E-state index is 0.191. The molecule has 96 valence electrons. The van der Waals surface area contributed by atoms with E-state index in [9.17, 15) is 4.79 Å². The topological polar surface area (TPSA) is 75.2 Å². The van der Waals surface area contributed by atoms with E-state index >= 15 is 0 Å². The third-order valence-corrected chi connectivity index (χ3v) is 2.63. The zero-order chi connectivity index (χ0) is 13.7. The van der Waals surface area contributed by atoms with Gasteiger partial charge in [-0.05, 0) is 30.3 Å². The van der Waals surface area contributed by atoms with E-state index in [0.717, 1.165) is 0 Å². The number of aromatic carboxylic acids is 1. The fourth-order valence-corrected chi connectivity index (χ4v) is 1.69. The van der Waals surface area contributed by atoms with Crippen LogP contribution < -0.4 is 4.74 Å². The lowest BCUT2D eigenvalue weighted by Gasteiger charge is -2.08. The first-order chi connectivity index (χ1) is 9.20. The molecule has 0 saturated carbocycles. The summed E-state index contributed by atoms with van der Waals surface area (Å²) in [5, 5.41) is 17.7. The van der Waals surface area contributed by atoms with Crippen LogP contribution in [0.15, 0.2) is 42.6 Å². The van der Waals surface area contributed by atoms with Gasteiger partial charge in [-0.1, -0.05) is 6.07 Å². The summed E-state index contributed by atoms with van der Waals surface area (Å²) in [4.78, 5) is 10.8. The largest absolute Gasteiger partial charge is 0.492 e. The van der Waals surface area contributed by atoms with Gasteiger partial charge < -0.3 is 14.4 Å². The molecule has 1 heterocycles. The summed E-state index contributed by atoms with van der Waals surface area (Å²) in [6, 6.07) is 11.9. The van der Waals surface area contributed by atoms with E-state index < -0.39 is 5.97 Å². The minimum atomic E-state index is -0.984. The van der Waals surface area contributed by atoms with Crippen LogP contribution in [0, 0.1) is 11.3 Å². The SMILES string of the molecule is N#Cc1cccn1CCOc1cccc(C(=O)O)c1. The number of benzene rings is 1. The van der Waals surface area contributed by atoms with Crippen molar-refractivity contribution >= 4 is 5.97 Å². The van der Waals surface area contributed by atoms with Gasteiger partial charge in [0, 0.05) is 6.20 Å². The Hall–Kier alpha value is -2.74. The van der Waals surface area contributed by atoms with E-state index in [1.807, 2.05) is 0 Å². The molecular weight excluding hydrogens is 244 g/mol. The first-order valence-corrected chi connectivity index (χ1v) is 5.72. The maximum absolute atomic E-state index is 10.8. The first-order valence-electron chi connectivity index (χ1n) is 5.72. The Kier molecular flexibility index (Phi) is 3.84. The third-order valence-electron chi connectivity index (χ3n) is 2.63. The molecule has 0 saturated heterocycles. The highest BCUT2D eigenvalue weighted by atomic mass is 16.5. The van der Waals surface area contributed by atoms with Gasteiger partial charge in [0.1, 0.15) is 24.1 Å². The Balaban J connectivity index is 1.95. The van der Waals surface area contributed by atoms with Crippen molar-refractivity contribution in [2.24, 2.45) is 0 Å². The number of aromatic nitrogens is 1. The Bertz CT molecular complexity index is 626. The lowest BCUT2D eigenvalue weighted by atomic mass is 10.2. The molecule has 1 N–H and O–H groups in total. The summed E-state index contributed by atoms with van der Waals surface area (Å²) >= 11 is 0. The molecule has 0 spiro atoms. The summed E-state index contributed by atoms with van der Waals surface area (Å²) in [7, 11) is 0. The molecule has 0 aliphatic carbocycles. The molecule has 1 aromatic heterocycles. The van der Waals surface area contributed by atoms with Crippen LogP contribution in [0.25, 0.3) is 0 Å². The van der Waals surface area contributed by atoms with E-state index in [0.29, 0.717) is 24.6 Å². The maximum Gasteiger partial charge on any atom is 0.335 e. The van der Waals surface area contributed by atoms with Gasteiger partial charge in [0.25, 0.3) is 0 Å². The molecule has 19 heavy (non-hydrogen) atoms. The maximum atomic E-state index is 10.8. The van der Waals surface area contributed by atoms with Crippen LogP contribution in [0.2, 0.25) is 0 Å². The second kappa shape index (κ2) is 5.74. The van der Waals surface area contributed by atoms with Gasteiger partial charge in [0.15, 0.2) is 0 Å². The first kappa shape index (κ1) is 12.7. The highest BCUT2D eigenvalue weighted by Gasteiger charge is 2.04. The van der Waals surface area contributed by atoms with Crippen LogP contribution in [-0.4, -0.2) is 22.2 Å². The van der Waals surface area contributed by atoms with Crippen molar-refractivity contribution in [3.8, 4) is 11.8 Å². The highest BCUT2D eigenvalue weighted by molar-refractivity contribution is 5.87. The number of hydrogen-bond acceptors (Lipinski definition) is 3. The van der Waals surface area contributed by atoms with Crippen LogP contribution in [0.5, 0.6) is 5.75 Å². The monoisotopic (exact) mass is 256 g/mol. The smallest absolute Gasteiger partial charge is 0.335 e. The van der Waals surface area contributed by atoms with E-state index in [1.165, 1.54) is 12.1 Å². The average Bonchev–Trinajstić information content (AvgIpc) is 2.86. The summed E-state index contributed by atoms with van der Waals surface area (Å²) in [6.07, 6.45) is 1.80. The molecule has 0 bridgehead atoms. The molecular formula is C14H12N2O3. The number of carboxylic acids is 1. The lowest BCUT2D eigenvalue weighted by molar-refractivity contribution is 0.0696. The second-order valence-electron chi connectivity index (χ2n) is 3.88. The second-order valence-corrected chi connectivity index (χ2v) is 3.88. The molecule has 2 aromatic rings. The standard InChI is InChI=1S/C14H12N2O3/c15-10-12-4-2-6-16(12)7-8-19-13-5-1-3-11(9-13)14(17)18/h1-6,9H,7-8H2,(H,17,18). The fraction of sp³-hybridized carbons (Fsp3) is 0.143. The van der Waals surface area contributed by atoms with Crippen molar-refractivity contribution in [2.45, 2.75) is 6.54 Å². The number of rotatable bonds is 5. The Morgan fingerprint density at radius 2 is 2.21 bits per heavy atom. The van der Waals surface area contributed by atoms with Gasteiger partial charge in [0.2, 0.25) is 0 Å². The number of ether oxygens (including phenoxy) is 1. The van der Waals surface area contributed by atoms with Gasteiger partial charge in [-0.25, -0.2) is 4.79 Å². The third kappa shape index (κ3) is 3.13. The van der Waals surface area contributed by atoms with Gasteiger partial charge >= 0.3 is 5.97 Å². The quantitative estimate of drug-likeness (QED) is 0.889. The Morgan fingerprint density at radius 3 is 2.95 bits per heavy atom. The molecule has 0 amide bonds. The zero-order valence-electron chi connectivity index (χ0n) is 10.1. The molecule has 0 unspecified atom stereocenters. The van der Waals surface area contributed by atoms with Gasteiger partial charge in [-0.15, -0.1) is 0 Å². The number of hydrogen-bond donors (Lipinski definition) is 1. The van der Waals surface area contributed by atoms with E-state index in [2.05, 4.69) is 6.07 Å². The van der Waals surface area contributed by atoms with Crippen molar-refractivity contribution in [1.82, 2.24) is 4.57 Å². The number of nitrogens with zero attached hydrogens (tertiary/aromatic N) is 2. The van der Waals surface area contributed by atoms with Crippen molar-refractivity contribution in [3.63, 3.8) is 0 Å². The molecule has 2 rings (SSSR count). The van der Waals surface area contributed by atoms with Gasteiger partial charge in [-0.3, -0.25) is 0 Å². The Labute approximate surface area is 110 Å². The zero-order valence-corrected chi connectivity index (χ0v) is 10.1. The van der Waals surface area contributed by atoms with Crippen LogP contribution >= 0.6 is 0 Å². The van der Waals surface area contributed by atoms with Gasteiger partial charge in [0.05, 0.1) is 12.1 Å². The normalized spacial score (nSPS) is 9.84. The van der Waals surface area contributed by atoms with E-state index in [1.54, 1.807) is 35.0 Å². The van der Waals surface area contributed by atoms with E-state index in [-0.39, 0.29) is 5.56 Å². The van der Waals surface area contributed by atoms with Crippen molar-refractivity contribution < 1.29 is 14.6 Å². The molecule has 5 nitrogen and oxygen atoms in total. The predicted octanol–water partition coefficient (Wildman–Crippen LogP) is 2.14. The van der Waals surface area contributed by atoms with Crippen LogP contribution in [0.3, 0.4) is 0 Å². The summed E-state index contributed by atoms with van der Waals surface area (Å²) in [5.74, 6) is -0.479. The number of carboxylic acid groups (broad SMARTS) is 1. The summed E-state index contributed by atoms with van der Waals surface area (Å²) in [5.41, 5.74) is 0.763. The van der Waals surface area contributed by atoms with Crippen LogP contribution in [0.1, 0.15) is 16.1 Å². The predicted molar refractivity (Wildman–Crippen MR) is 68.0 cm³/mol. The van der Waals surface area contributed by atoms with Crippen LogP contribution in [-0.2, 0) is 6.54 Å². The number of carbonyl (C=O) groups is 1. The summed E-state index contributed by atoms with van der Waals surface area (Å²) < 4.78 is 7.25. The fourth-order valence-electron chi connectivity index (χ4n) is 1.69. The van der Waals surface area contributed by atoms with Crippen molar-refractivity contribution in [2.75, 3.05) is 6.61 Å². The van der Waals surface area contributed by atoms with Crippen molar-refractivity contribution in [1.29, 1.82) is 5.26 Å².